The lowest BCUT2D eigenvalue weighted by Crippen LogP contribution is -2.18. The molecule has 0 amide bonds. The summed E-state index contributed by atoms with van der Waals surface area (Å²) in [7, 11) is 0. The van der Waals surface area contributed by atoms with Gasteiger partial charge in [-0.15, -0.1) is 0 Å². The van der Waals surface area contributed by atoms with Gasteiger partial charge in [-0.3, -0.25) is 9.59 Å². The number of hydrogen-bond donors (Lipinski definition) is 0. The van der Waals surface area contributed by atoms with Crippen LogP contribution >= 0.6 is 0 Å². The van der Waals surface area contributed by atoms with Gasteiger partial charge in [0, 0.05) is 0 Å². The summed E-state index contributed by atoms with van der Waals surface area (Å²) >= 11 is 0. The lowest BCUT2D eigenvalue weighted by Gasteiger charge is -2.22. The predicted octanol–water partition coefficient (Wildman–Crippen LogP) is 3.73. The summed E-state index contributed by atoms with van der Waals surface area (Å²) in [6.07, 6.45) is 3.06. The molecule has 0 fully saturated rings. The number of carbonyl (C=O) groups excluding carboxylic acids is 2. The molecule has 0 heterocycles. The van der Waals surface area contributed by atoms with Crippen molar-refractivity contribution in [3.05, 3.63) is 0 Å². The molecule has 0 saturated carbocycles. The summed E-state index contributed by atoms with van der Waals surface area (Å²) < 4.78 is 10.2. The van der Waals surface area contributed by atoms with Gasteiger partial charge in [0.1, 0.15) is 0 Å². The first-order chi connectivity index (χ1) is 9.24. The molecule has 118 valence electrons. The first-order valence-electron chi connectivity index (χ1n) is 7.56. The van der Waals surface area contributed by atoms with Crippen LogP contribution in [-0.2, 0) is 19.1 Å². The van der Waals surface area contributed by atoms with E-state index in [-0.39, 0.29) is 30.2 Å². The van der Waals surface area contributed by atoms with E-state index in [9.17, 15) is 9.59 Å². The molecule has 0 spiro atoms. The van der Waals surface area contributed by atoms with E-state index in [1.807, 2.05) is 6.92 Å². The number of hydrogen-bond acceptors (Lipinski definition) is 4. The Morgan fingerprint density at radius 2 is 1.60 bits per heavy atom. The van der Waals surface area contributed by atoms with Crippen molar-refractivity contribution in [1.29, 1.82) is 0 Å². The minimum absolute atomic E-state index is 0.104. The third-order valence-electron chi connectivity index (χ3n) is 2.78. The van der Waals surface area contributed by atoms with Gasteiger partial charge in [0.25, 0.3) is 0 Å². The molecular formula is C16H30O4. The van der Waals surface area contributed by atoms with Crippen molar-refractivity contribution in [2.45, 2.75) is 66.7 Å². The van der Waals surface area contributed by atoms with Crippen molar-refractivity contribution in [2.75, 3.05) is 13.2 Å². The van der Waals surface area contributed by atoms with Gasteiger partial charge in [-0.1, -0.05) is 41.0 Å². The standard InChI is InChI=1S/C16H30O4/c1-6-7-10-19-14(17)8-9-15(18)20-12-13(2)11-16(3,4)5/h13H,6-12H2,1-5H3. The first-order valence-corrected chi connectivity index (χ1v) is 7.56. The van der Waals surface area contributed by atoms with E-state index < -0.39 is 0 Å². The molecular weight excluding hydrogens is 256 g/mol. The summed E-state index contributed by atoms with van der Waals surface area (Å²) in [5.74, 6) is -0.313. The van der Waals surface area contributed by atoms with E-state index in [2.05, 4.69) is 27.7 Å². The Balaban J connectivity index is 3.71. The topological polar surface area (TPSA) is 52.6 Å². The maximum atomic E-state index is 11.5. The van der Waals surface area contributed by atoms with Crippen molar-refractivity contribution in [1.82, 2.24) is 0 Å². The molecule has 1 atom stereocenters. The summed E-state index contributed by atoms with van der Waals surface area (Å²) in [6.45, 7) is 11.4. The zero-order valence-corrected chi connectivity index (χ0v) is 13.7. The number of ether oxygens (including phenoxy) is 2. The molecule has 4 heteroatoms. The molecule has 0 aliphatic rings. The highest BCUT2D eigenvalue weighted by molar-refractivity contribution is 5.77. The molecule has 0 aliphatic carbocycles. The second-order valence-corrected chi connectivity index (χ2v) is 6.63. The Bertz CT molecular complexity index is 291. The van der Waals surface area contributed by atoms with Crippen molar-refractivity contribution >= 4 is 11.9 Å². The highest BCUT2D eigenvalue weighted by Gasteiger charge is 2.17. The zero-order chi connectivity index (χ0) is 15.6. The summed E-state index contributed by atoms with van der Waals surface area (Å²) in [5.41, 5.74) is 0.231. The van der Waals surface area contributed by atoms with Gasteiger partial charge in [-0.05, 0) is 24.2 Å². The quantitative estimate of drug-likeness (QED) is 0.479. The summed E-state index contributed by atoms with van der Waals surface area (Å²) in [4.78, 5) is 22.8. The average molecular weight is 286 g/mol. The van der Waals surface area contributed by atoms with E-state index in [1.54, 1.807) is 0 Å². The predicted molar refractivity (Wildman–Crippen MR) is 79.3 cm³/mol. The first kappa shape index (κ1) is 18.9. The molecule has 0 aromatic rings. The fraction of sp³-hybridized carbons (Fsp3) is 0.875. The van der Waals surface area contributed by atoms with Crippen molar-refractivity contribution in [2.24, 2.45) is 11.3 Å². The highest BCUT2D eigenvalue weighted by atomic mass is 16.5. The zero-order valence-electron chi connectivity index (χ0n) is 13.7. The van der Waals surface area contributed by atoms with Gasteiger partial charge >= 0.3 is 11.9 Å². The molecule has 0 rings (SSSR count). The van der Waals surface area contributed by atoms with Gasteiger partial charge in [0.05, 0.1) is 26.1 Å². The molecule has 0 aromatic carbocycles. The van der Waals surface area contributed by atoms with Crippen molar-refractivity contribution in [3.8, 4) is 0 Å². The molecule has 1 unspecified atom stereocenters. The maximum absolute atomic E-state index is 11.5. The molecule has 0 aliphatic heterocycles. The van der Waals surface area contributed by atoms with E-state index in [0.29, 0.717) is 19.1 Å². The van der Waals surface area contributed by atoms with Gasteiger partial charge in [-0.2, -0.15) is 0 Å². The molecule has 0 aromatic heterocycles. The molecule has 0 saturated heterocycles. The third-order valence-corrected chi connectivity index (χ3v) is 2.78. The maximum Gasteiger partial charge on any atom is 0.306 e. The SMILES string of the molecule is CCCCOC(=O)CCC(=O)OCC(C)CC(C)(C)C. The Labute approximate surface area is 123 Å². The second kappa shape index (κ2) is 9.78. The minimum atomic E-state index is -0.321. The highest BCUT2D eigenvalue weighted by Crippen LogP contribution is 2.24. The fourth-order valence-corrected chi connectivity index (χ4v) is 2.02. The van der Waals surface area contributed by atoms with E-state index >= 15 is 0 Å². The van der Waals surface area contributed by atoms with Crippen LogP contribution in [0.5, 0.6) is 0 Å². The van der Waals surface area contributed by atoms with Gasteiger partial charge < -0.3 is 9.47 Å². The molecule has 20 heavy (non-hydrogen) atoms. The average Bonchev–Trinajstić information content (AvgIpc) is 2.32. The lowest BCUT2D eigenvalue weighted by molar-refractivity contribution is -0.151. The van der Waals surface area contributed by atoms with Crippen molar-refractivity contribution in [3.63, 3.8) is 0 Å². The van der Waals surface area contributed by atoms with Gasteiger partial charge in [0.2, 0.25) is 0 Å². The fourth-order valence-electron chi connectivity index (χ4n) is 2.02. The molecule has 0 radical (unpaired) electrons. The number of unbranched alkanes of at least 4 members (excludes halogenated alkanes) is 1. The third kappa shape index (κ3) is 12.0. The van der Waals surface area contributed by atoms with Crippen LogP contribution in [0.2, 0.25) is 0 Å². The second-order valence-electron chi connectivity index (χ2n) is 6.63. The van der Waals surface area contributed by atoms with Crippen LogP contribution in [0.25, 0.3) is 0 Å². The van der Waals surface area contributed by atoms with Crippen LogP contribution in [-0.4, -0.2) is 25.2 Å². The van der Waals surface area contributed by atoms with Crippen LogP contribution in [0.1, 0.15) is 66.7 Å². The smallest absolute Gasteiger partial charge is 0.306 e. The monoisotopic (exact) mass is 286 g/mol. The van der Waals surface area contributed by atoms with E-state index in [4.69, 9.17) is 9.47 Å². The van der Waals surface area contributed by atoms with Crippen LogP contribution in [0.3, 0.4) is 0 Å². The molecule has 0 N–H and O–H groups in total. The summed E-state index contributed by atoms with van der Waals surface area (Å²) in [5, 5.41) is 0. The minimum Gasteiger partial charge on any atom is -0.466 e. The van der Waals surface area contributed by atoms with Gasteiger partial charge in [-0.25, -0.2) is 0 Å². The Kier molecular flexibility index (Phi) is 9.26. The van der Waals surface area contributed by atoms with E-state index in [1.165, 1.54) is 0 Å². The van der Waals surface area contributed by atoms with Gasteiger partial charge in [0.15, 0.2) is 0 Å². The molecule has 4 nitrogen and oxygen atoms in total. The Morgan fingerprint density at radius 3 is 2.10 bits per heavy atom. The Morgan fingerprint density at radius 1 is 1.05 bits per heavy atom. The van der Waals surface area contributed by atoms with Crippen LogP contribution in [0.15, 0.2) is 0 Å². The number of carbonyl (C=O) groups is 2. The largest absolute Gasteiger partial charge is 0.466 e. The van der Waals surface area contributed by atoms with Crippen LogP contribution in [0.4, 0.5) is 0 Å². The summed E-state index contributed by atoms with van der Waals surface area (Å²) in [6, 6.07) is 0. The number of esters is 2. The number of rotatable bonds is 9. The van der Waals surface area contributed by atoms with E-state index in [0.717, 1.165) is 19.3 Å². The lowest BCUT2D eigenvalue weighted by atomic mass is 9.86. The van der Waals surface area contributed by atoms with Crippen molar-refractivity contribution < 1.29 is 19.1 Å². The Hall–Kier alpha value is -1.06. The van der Waals surface area contributed by atoms with Crippen LogP contribution in [0, 0.1) is 11.3 Å². The normalized spacial score (nSPS) is 12.8. The molecule has 0 bridgehead atoms. The van der Waals surface area contributed by atoms with Crippen LogP contribution < -0.4 is 0 Å².